The second-order valence-electron chi connectivity index (χ2n) is 5.86. The van der Waals surface area contributed by atoms with Crippen LogP contribution in [0.4, 0.5) is 0 Å². The van der Waals surface area contributed by atoms with Gasteiger partial charge in [-0.05, 0) is 34.9 Å². The SMILES string of the molecule is CC1c2cccnc2-c2ccc3c(c21)-c1ncccc1OC3. The van der Waals surface area contributed by atoms with Gasteiger partial charge in [-0.25, -0.2) is 0 Å². The van der Waals surface area contributed by atoms with Gasteiger partial charge in [-0.1, -0.05) is 25.1 Å². The van der Waals surface area contributed by atoms with Gasteiger partial charge in [-0.2, -0.15) is 0 Å². The lowest BCUT2D eigenvalue weighted by atomic mass is 9.88. The predicted molar refractivity (Wildman–Crippen MR) is 84.8 cm³/mol. The number of ether oxygens (including phenoxy) is 1. The van der Waals surface area contributed by atoms with Crippen LogP contribution in [-0.4, -0.2) is 9.97 Å². The molecule has 1 aliphatic carbocycles. The van der Waals surface area contributed by atoms with E-state index in [4.69, 9.17) is 4.74 Å². The lowest BCUT2D eigenvalue weighted by molar-refractivity contribution is 0.300. The summed E-state index contributed by atoms with van der Waals surface area (Å²) in [5.41, 5.74) is 8.40. The number of nitrogens with zero attached hydrogens (tertiary/aromatic N) is 2. The summed E-state index contributed by atoms with van der Waals surface area (Å²) in [6.45, 7) is 2.86. The Kier molecular flexibility index (Phi) is 2.26. The van der Waals surface area contributed by atoms with Crippen LogP contribution in [0.5, 0.6) is 5.75 Å². The molecule has 3 nitrogen and oxygen atoms in total. The molecule has 2 aliphatic rings. The van der Waals surface area contributed by atoms with Crippen molar-refractivity contribution >= 4 is 0 Å². The smallest absolute Gasteiger partial charge is 0.146 e. The average molecular weight is 286 g/mol. The Morgan fingerprint density at radius 3 is 2.73 bits per heavy atom. The molecule has 1 unspecified atom stereocenters. The predicted octanol–water partition coefficient (Wildman–Crippen LogP) is 4.17. The van der Waals surface area contributed by atoms with Gasteiger partial charge in [-0.3, -0.25) is 9.97 Å². The molecular weight excluding hydrogens is 272 g/mol. The summed E-state index contributed by atoms with van der Waals surface area (Å²) < 4.78 is 5.84. The average Bonchev–Trinajstić information content (AvgIpc) is 2.88. The Morgan fingerprint density at radius 2 is 1.82 bits per heavy atom. The minimum Gasteiger partial charge on any atom is -0.487 e. The van der Waals surface area contributed by atoms with Gasteiger partial charge in [0.1, 0.15) is 18.1 Å². The Bertz CT molecular complexity index is 917. The molecule has 2 aromatic heterocycles. The summed E-state index contributed by atoms with van der Waals surface area (Å²) in [4.78, 5) is 9.19. The Hall–Kier alpha value is -2.68. The molecule has 106 valence electrons. The van der Waals surface area contributed by atoms with E-state index in [2.05, 4.69) is 35.1 Å². The van der Waals surface area contributed by atoms with Crippen molar-refractivity contribution in [1.82, 2.24) is 9.97 Å². The number of rotatable bonds is 0. The van der Waals surface area contributed by atoms with Gasteiger partial charge >= 0.3 is 0 Å². The summed E-state index contributed by atoms with van der Waals surface area (Å²) in [6.07, 6.45) is 3.71. The van der Waals surface area contributed by atoms with Gasteiger partial charge < -0.3 is 4.74 Å². The van der Waals surface area contributed by atoms with Crippen molar-refractivity contribution < 1.29 is 4.74 Å². The van der Waals surface area contributed by atoms with E-state index in [0.717, 1.165) is 17.1 Å². The number of hydrogen-bond donors (Lipinski definition) is 0. The van der Waals surface area contributed by atoms with E-state index >= 15 is 0 Å². The van der Waals surface area contributed by atoms with Crippen molar-refractivity contribution in [3.05, 3.63) is 65.5 Å². The lowest BCUT2D eigenvalue weighted by Crippen LogP contribution is -2.09. The minimum atomic E-state index is 0.335. The minimum absolute atomic E-state index is 0.335. The summed E-state index contributed by atoms with van der Waals surface area (Å²) in [7, 11) is 0. The van der Waals surface area contributed by atoms with E-state index in [9.17, 15) is 0 Å². The second-order valence-corrected chi connectivity index (χ2v) is 5.86. The molecule has 0 spiro atoms. The molecule has 22 heavy (non-hydrogen) atoms. The van der Waals surface area contributed by atoms with Gasteiger partial charge in [0, 0.05) is 29.4 Å². The van der Waals surface area contributed by atoms with Crippen LogP contribution in [-0.2, 0) is 6.61 Å². The van der Waals surface area contributed by atoms with Crippen molar-refractivity contribution in [2.24, 2.45) is 0 Å². The highest BCUT2D eigenvalue weighted by Gasteiger charge is 2.33. The van der Waals surface area contributed by atoms with Crippen molar-refractivity contribution in [1.29, 1.82) is 0 Å². The molecule has 3 heterocycles. The zero-order chi connectivity index (χ0) is 14.7. The fourth-order valence-electron chi connectivity index (χ4n) is 3.72. The molecule has 0 saturated heterocycles. The van der Waals surface area contributed by atoms with Crippen LogP contribution in [0.1, 0.15) is 29.5 Å². The fraction of sp³-hybridized carbons (Fsp3) is 0.158. The molecule has 0 amide bonds. The molecule has 1 aliphatic heterocycles. The third kappa shape index (κ3) is 1.40. The molecule has 3 aromatic rings. The summed E-state index contributed by atoms with van der Waals surface area (Å²) in [5.74, 6) is 1.21. The Labute approximate surface area is 128 Å². The lowest BCUT2D eigenvalue weighted by Gasteiger charge is -2.23. The van der Waals surface area contributed by atoms with Crippen LogP contribution >= 0.6 is 0 Å². The molecule has 0 N–H and O–H groups in total. The largest absolute Gasteiger partial charge is 0.487 e. The first-order chi connectivity index (χ1) is 10.8. The second kappa shape index (κ2) is 4.17. The zero-order valence-corrected chi connectivity index (χ0v) is 12.2. The van der Waals surface area contributed by atoms with Crippen LogP contribution in [0.15, 0.2) is 48.8 Å². The van der Waals surface area contributed by atoms with Crippen molar-refractivity contribution in [2.45, 2.75) is 19.4 Å². The zero-order valence-electron chi connectivity index (χ0n) is 12.2. The molecule has 1 aromatic carbocycles. The third-order valence-corrected chi connectivity index (χ3v) is 4.72. The molecule has 1 atom stereocenters. The molecule has 0 radical (unpaired) electrons. The third-order valence-electron chi connectivity index (χ3n) is 4.72. The van der Waals surface area contributed by atoms with Gasteiger partial charge in [-0.15, -0.1) is 0 Å². The van der Waals surface area contributed by atoms with Gasteiger partial charge in [0.05, 0.1) is 5.69 Å². The van der Waals surface area contributed by atoms with E-state index < -0.39 is 0 Å². The van der Waals surface area contributed by atoms with Crippen LogP contribution < -0.4 is 4.74 Å². The standard InChI is InChI=1S/C19H14N2O/c1-11-13-4-2-8-20-18(13)14-7-6-12-10-22-15-5-3-9-21-19(15)17(12)16(11)14/h2-9,11H,10H2,1H3. The van der Waals surface area contributed by atoms with Crippen molar-refractivity contribution in [3.8, 4) is 28.3 Å². The Balaban J connectivity index is 1.87. The number of fused-ring (bicyclic) bond motifs is 7. The number of pyridine rings is 2. The van der Waals surface area contributed by atoms with Gasteiger partial charge in [0.2, 0.25) is 0 Å². The Morgan fingerprint density at radius 1 is 1.00 bits per heavy atom. The first-order valence-corrected chi connectivity index (χ1v) is 7.54. The quantitative estimate of drug-likeness (QED) is 0.622. The summed E-state index contributed by atoms with van der Waals surface area (Å²) in [6, 6.07) is 12.5. The van der Waals surface area contributed by atoms with Crippen molar-refractivity contribution in [2.75, 3.05) is 0 Å². The highest BCUT2D eigenvalue weighted by molar-refractivity contribution is 5.87. The molecule has 0 fully saturated rings. The fourth-order valence-corrected chi connectivity index (χ4v) is 3.72. The van der Waals surface area contributed by atoms with Gasteiger partial charge in [0.25, 0.3) is 0 Å². The number of hydrogen-bond acceptors (Lipinski definition) is 3. The topological polar surface area (TPSA) is 35.0 Å². The normalized spacial score (nSPS) is 17.0. The van der Waals surface area contributed by atoms with Crippen LogP contribution in [0.25, 0.3) is 22.5 Å². The number of aromatic nitrogens is 2. The number of benzene rings is 1. The molecule has 3 heteroatoms. The van der Waals surface area contributed by atoms with Crippen LogP contribution in [0, 0.1) is 0 Å². The van der Waals surface area contributed by atoms with E-state index in [1.54, 1.807) is 0 Å². The van der Waals surface area contributed by atoms with E-state index in [0.29, 0.717) is 12.5 Å². The maximum atomic E-state index is 5.84. The summed E-state index contributed by atoms with van der Waals surface area (Å²) >= 11 is 0. The summed E-state index contributed by atoms with van der Waals surface area (Å²) in [5, 5.41) is 0. The monoisotopic (exact) mass is 286 g/mol. The molecule has 0 bridgehead atoms. The van der Waals surface area contributed by atoms with E-state index in [1.165, 1.54) is 27.8 Å². The molecule has 0 saturated carbocycles. The maximum Gasteiger partial charge on any atom is 0.146 e. The first-order valence-electron chi connectivity index (χ1n) is 7.54. The van der Waals surface area contributed by atoms with Gasteiger partial charge in [0.15, 0.2) is 0 Å². The van der Waals surface area contributed by atoms with Crippen LogP contribution in [0.2, 0.25) is 0 Å². The highest BCUT2D eigenvalue weighted by atomic mass is 16.5. The molecule has 5 rings (SSSR count). The maximum absolute atomic E-state index is 5.84. The van der Waals surface area contributed by atoms with Crippen LogP contribution in [0.3, 0.4) is 0 Å². The molecular formula is C19H14N2O. The van der Waals surface area contributed by atoms with E-state index in [-0.39, 0.29) is 0 Å². The first kappa shape index (κ1) is 11.9. The van der Waals surface area contributed by atoms with Crippen molar-refractivity contribution in [3.63, 3.8) is 0 Å². The highest BCUT2D eigenvalue weighted by Crippen LogP contribution is 2.50. The van der Waals surface area contributed by atoms with E-state index in [1.807, 2.05) is 30.6 Å².